The number of rotatable bonds is 7. The molecule has 0 aromatic rings. The van der Waals surface area contributed by atoms with Gasteiger partial charge in [0.2, 0.25) is 0 Å². The first-order valence-electron chi connectivity index (χ1n) is 5.33. The molecule has 0 saturated carbocycles. The minimum Gasteiger partial charge on any atom is -0.481 e. The van der Waals surface area contributed by atoms with Gasteiger partial charge in [-0.05, 0) is 13.3 Å². The van der Waals surface area contributed by atoms with Gasteiger partial charge in [-0.15, -0.1) is 0 Å². The summed E-state index contributed by atoms with van der Waals surface area (Å²) in [5.41, 5.74) is 0. The minimum atomic E-state index is -2.12. The van der Waals surface area contributed by atoms with E-state index in [0.29, 0.717) is 0 Å². The average molecular weight is 339 g/mol. The second-order valence-electron chi connectivity index (χ2n) is 3.95. The predicted octanol–water partition coefficient (Wildman–Crippen LogP) is 0.390. The molecule has 0 aliphatic carbocycles. The van der Waals surface area contributed by atoms with Crippen molar-refractivity contribution in [3.63, 3.8) is 0 Å². The number of nitriles is 1. The number of nitrogens with zero attached hydrogens (tertiary/aromatic N) is 1. The highest BCUT2D eigenvalue weighted by molar-refractivity contribution is 8.36. The van der Waals surface area contributed by atoms with Crippen LogP contribution in [0.3, 0.4) is 0 Å². The van der Waals surface area contributed by atoms with Crippen LogP contribution in [0.4, 0.5) is 0 Å². The first-order valence-corrected chi connectivity index (χ1v) is 8.21. The largest absolute Gasteiger partial charge is 0.481 e. The van der Waals surface area contributed by atoms with Crippen molar-refractivity contribution in [3.05, 3.63) is 0 Å². The van der Waals surface area contributed by atoms with Gasteiger partial charge in [0.1, 0.15) is 4.75 Å². The smallest absolute Gasteiger partial charge is 0.304 e. The highest BCUT2D eigenvalue weighted by Gasteiger charge is 2.36. The lowest BCUT2D eigenvalue weighted by molar-refractivity contribution is -0.137. The molecule has 0 fully saturated rings. The Kier molecular flexibility index (Phi) is 7.70. The normalized spacial score (nSPS) is 16.4. The number of carboxylic acids is 2. The van der Waals surface area contributed by atoms with Crippen molar-refractivity contribution in [3.8, 4) is 6.07 Å². The highest BCUT2D eigenvalue weighted by Crippen LogP contribution is 2.22. The van der Waals surface area contributed by atoms with E-state index in [1.54, 1.807) is 6.07 Å². The third-order valence-corrected chi connectivity index (χ3v) is 6.69. The Morgan fingerprint density at radius 1 is 1.25 bits per heavy atom. The number of hydrogen-bond donors (Lipinski definition) is 2. The van der Waals surface area contributed by atoms with Crippen LogP contribution in [0.25, 0.3) is 0 Å². The molecule has 0 aromatic carbocycles. The SMILES string of the molecule is CC(C#N)(CCC(=O)O)S(=O)C(=S)S(=O)CCC(=O)O. The molecular formula is C10H13NO6S3. The molecule has 0 bridgehead atoms. The van der Waals surface area contributed by atoms with Crippen LogP contribution in [0.2, 0.25) is 0 Å². The number of carbonyl (C=O) groups is 2. The summed E-state index contributed by atoms with van der Waals surface area (Å²) in [6.07, 6.45) is -0.982. The lowest BCUT2D eigenvalue weighted by Gasteiger charge is -2.19. The van der Waals surface area contributed by atoms with Gasteiger partial charge in [0.25, 0.3) is 0 Å². The zero-order valence-electron chi connectivity index (χ0n) is 10.5. The summed E-state index contributed by atoms with van der Waals surface area (Å²) in [6.45, 7) is 1.27. The third-order valence-electron chi connectivity index (χ3n) is 2.30. The first-order chi connectivity index (χ1) is 9.14. The number of aliphatic carboxylic acids is 2. The second kappa shape index (κ2) is 8.18. The van der Waals surface area contributed by atoms with Crippen LogP contribution in [0.15, 0.2) is 0 Å². The van der Waals surface area contributed by atoms with Gasteiger partial charge in [-0.1, -0.05) is 12.2 Å². The molecule has 3 atom stereocenters. The van der Waals surface area contributed by atoms with E-state index in [2.05, 4.69) is 0 Å². The topological polar surface area (TPSA) is 133 Å². The molecule has 20 heavy (non-hydrogen) atoms. The second-order valence-corrected chi connectivity index (χ2v) is 8.49. The Morgan fingerprint density at radius 2 is 1.75 bits per heavy atom. The number of carboxylic acid groups (broad SMARTS) is 2. The maximum Gasteiger partial charge on any atom is 0.304 e. The Hall–Kier alpha value is -1.18. The standard InChI is InChI=1S/C10H13NO6S3/c1-10(6-11,4-2-7(12)13)20(17)9(18)19(16)5-3-8(14)15/h2-5H2,1H3,(H,12,13)(H,14,15). The quantitative estimate of drug-likeness (QED) is 0.636. The molecule has 0 spiro atoms. The van der Waals surface area contributed by atoms with Crippen LogP contribution < -0.4 is 0 Å². The molecular weight excluding hydrogens is 326 g/mol. The zero-order chi connectivity index (χ0) is 15.9. The van der Waals surface area contributed by atoms with E-state index in [0.717, 1.165) is 0 Å². The summed E-state index contributed by atoms with van der Waals surface area (Å²) in [5.74, 6) is -2.61. The maximum absolute atomic E-state index is 12.1. The van der Waals surface area contributed by atoms with Gasteiger partial charge in [-0.2, -0.15) is 5.26 Å². The van der Waals surface area contributed by atoms with Crippen molar-refractivity contribution in [1.29, 1.82) is 5.26 Å². The van der Waals surface area contributed by atoms with Crippen molar-refractivity contribution >= 4 is 49.3 Å². The maximum atomic E-state index is 12.1. The van der Waals surface area contributed by atoms with Crippen molar-refractivity contribution in [2.24, 2.45) is 0 Å². The van der Waals surface area contributed by atoms with E-state index in [4.69, 9.17) is 27.7 Å². The lowest BCUT2D eigenvalue weighted by Crippen LogP contribution is -2.35. The summed E-state index contributed by atoms with van der Waals surface area (Å²) in [7, 11) is -4.04. The molecule has 0 amide bonds. The minimum absolute atomic E-state index is 0.207. The summed E-state index contributed by atoms with van der Waals surface area (Å²) >= 11 is 4.75. The van der Waals surface area contributed by atoms with E-state index in [1.165, 1.54) is 6.92 Å². The van der Waals surface area contributed by atoms with Crippen LogP contribution in [0.1, 0.15) is 26.2 Å². The summed E-state index contributed by atoms with van der Waals surface area (Å²) in [6, 6.07) is 1.73. The highest BCUT2D eigenvalue weighted by atomic mass is 32.3. The van der Waals surface area contributed by atoms with E-state index in [1.807, 2.05) is 0 Å². The zero-order valence-corrected chi connectivity index (χ0v) is 13.0. The Bertz CT molecular complexity index is 512. The van der Waals surface area contributed by atoms with Gasteiger partial charge in [-0.3, -0.25) is 18.0 Å². The van der Waals surface area contributed by atoms with Gasteiger partial charge in [0.05, 0.1) is 34.1 Å². The van der Waals surface area contributed by atoms with E-state index in [-0.39, 0.29) is 18.6 Å². The lowest BCUT2D eigenvalue weighted by atomic mass is 10.1. The van der Waals surface area contributed by atoms with Gasteiger partial charge in [0, 0.05) is 12.2 Å². The summed E-state index contributed by atoms with van der Waals surface area (Å²) in [5, 5.41) is 26.1. The average Bonchev–Trinajstić information content (AvgIpc) is 2.40. The van der Waals surface area contributed by atoms with Crippen molar-refractivity contribution in [2.45, 2.75) is 30.9 Å². The van der Waals surface area contributed by atoms with E-state index >= 15 is 0 Å². The molecule has 0 aliphatic rings. The summed E-state index contributed by atoms with van der Waals surface area (Å²) in [4.78, 5) is 20.9. The van der Waals surface area contributed by atoms with E-state index < -0.39 is 48.2 Å². The third kappa shape index (κ3) is 5.85. The fourth-order valence-electron chi connectivity index (χ4n) is 1.07. The first kappa shape index (κ1) is 18.8. The van der Waals surface area contributed by atoms with Crippen LogP contribution in [-0.4, -0.2) is 44.6 Å². The van der Waals surface area contributed by atoms with Crippen molar-refractivity contribution in [2.75, 3.05) is 5.75 Å². The van der Waals surface area contributed by atoms with Crippen molar-refractivity contribution < 1.29 is 28.2 Å². The van der Waals surface area contributed by atoms with Gasteiger partial charge < -0.3 is 10.2 Å². The Morgan fingerprint density at radius 3 is 2.15 bits per heavy atom. The monoisotopic (exact) mass is 339 g/mol. The van der Waals surface area contributed by atoms with Crippen LogP contribution in [-0.2, 0) is 31.2 Å². The molecule has 0 saturated heterocycles. The molecule has 2 N–H and O–H groups in total. The van der Waals surface area contributed by atoms with Gasteiger partial charge in [0.15, 0.2) is 3.53 Å². The summed E-state index contributed by atoms with van der Waals surface area (Å²) < 4.78 is 21.8. The van der Waals surface area contributed by atoms with Crippen LogP contribution in [0, 0.1) is 11.3 Å². The number of hydrogen-bond acceptors (Lipinski definition) is 6. The van der Waals surface area contributed by atoms with E-state index in [9.17, 15) is 18.0 Å². The predicted molar refractivity (Wildman–Crippen MR) is 76.9 cm³/mol. The Labute approximate surface area is 125 Å². The molecule has 0 aliphatic heterocycles. The van der Waals surface area contributed by atoms with Crippen molar-refractivity contribution in [1.82, 2.24) is 0 Å². The molecule has 10 heteroatoms. The molecule has 0 aromatic heterocycles. The number of thiocarbonyl (C=S) groups is 1. The van der Waals surface area contributed by atoms with Gasteiger partial charge in [-0.25, -0.2) is 0 Å². The molecule has 0 rings (SSSR count). The molecule has 3 unspecified atom stereocenters. The molecule has 7 nitrogen and oxygen atoms in total. The fourth-order valence-corrected chi connectivity index (χ4v) is 4.61. The molecule has 112 valence electrons. The Balaban J connectivity index is 4.88. The molecule has 0 heterocycles. The molecule has 0 radical (unpaired) electrons. The van der Waals surface area contributed by atoms with Gasteiger partial charge >= 0.3 is 11.9 Å². The van der Waals surface area contributed by atoms with Crippen LogP contribution >= 0.6 is 12.2 Å². The van der Waals surface area contributed by atoms with Crippen LogP contribution in [0.5, 0.6) is 0 Å². The fraction of sp³-hybridized carbons (Fsp3) is 0.600.